The zero-order valence-electron chi connectivity index (χ0n) is 21.4. The second-order valence-electron chi connectivity index (χ2n) is 9.64. The number of esters is 1. The number of hydrogen-bond donors (Lipinski definition) is 9. The molecule has 9 N–H and O–H groups in total. The third-order valence-electron chi connectivity index (χ3n) is 6.73. The monoisotopic (exact) mass is 571 g/mol. The van der Waals surface area contributed by atoms with Crippen LogP contribution in [0.3, 0.4) is 0 Å². The molecule has 0 aromatic rings. The minimum Gasteiger partial charge on any atom is -0.454 e. The molecule has 0 radical (unpaired) electrons. The van der Waals surface area contributed by atoms with Crippen molar-refractivity contribution in [2.45, 2.75) is 113 Å². The van der Waals surface area contributed by atoms with Crippen molar-refractivity contribution in [2.75, 3.05) is 13.2 Å². The minimum atomic E-state index is -1.85. The van der Waals surface area contributed by atoms with E-state index in [1.54, 1.807) is 0 Å². The van der Waals surface area contributed by atoms with Crippen molar-refractivity contribution in [1.29, 1.82) is 0 Å². The number of carbonyl (C=O) groups is 2. The number of nitrogens with one attached hydrogen (secondary N) is 1. The first-order chi connectivity index (χ1) is 18.3. The van der Waals surface area contributed by atoms with Crippen LogP contribution >= 0.6 is 0 Å². The Morgan fingerprint density at radius 3 is 1.87 bits per heavy atom. The first-order valence-electron chi connectivity index (χ1n) is 12.3. The van der Waals surface area contributed by atoms with Gasteiger partial charge in [0.05, 0.1) is 19.3 Å². The largest absolute Gasteiger partial charge is 0.454 e. The Labute approximate surface area is 222 Å². The highest BCUT2D eigenvalue weighted by Gasteiger charge is 2.54. The Balaban J connectivity index is 1.91. The van der Waals surface area contributed by atoms with E-state index in [9.17, 15) is 50.4 Å². The molecule has 3 heterocycles. The molecular weight excluding hydrogens is 534 g/mol. The molecule has 0 aromatic heterocycles. The van der Waals surface area contributed by atoms with Crippen molar-refractivity contribution in [1.82, 2.24) is 5.32 Å². The van der Waals surface area contributed by atoms with Gasteiger partial charge >= 0.3 is 5.97 Å². The van der Waals surface area contributed by atoms with Gasteiger partial charge < -0.3 is 74.6 Å². The fourth-order valence-electron chi connectivity index (χ4n) is 4.69. The summed E-state index contributed by atoms with van der Waals surface area (Å²) in [6.07, 6.45) is -22.1. The van der Waals surface area contributed by atoms with Gasteiger partial charge in [0.1, 0.15) is 61.0 Å². The van der Waals surface area contributed by atoms with Gasteiger partial charge in [0, 0.05) is 13.8 Å². The van der Waals surface area contributed by atoms with Crippen molar-refractivity contribution >= 4 is 11.9 Å². The number of rotatable bonds is 8. The summed E-state index contributed by atoms with van der Waals surface area (Å²) >= 11 is 0. The van der Waals surface area contributed by atoms with E-state index in [0.717, 1.165) is 13.8 Å². The van der Waals surface area contributed by atoms with Crippen LogP contribution in [0.1, 0.15) is 20.8 Å². The molecule has 17 nitrogen and oxygen atoms in total. The Bertz CT molecular complexity index is 832. The molecule has 3 saturated heterocycles. The van der Waals surface area contributed by atoms with Crippen molar-refractivity contribution in [3.05, 3.63) is 0 Å². The summed E-state index contributed by atoms with van der Waals surface area (Å²) < 4.78 is 33.1. The molecule has 0 spiro atoms. The molecule has 0 saturated carbocycles. The number of aliphatic hydroxyl groups excluding tert-OH is 8. The van der Waals surface area contributed by atoms with Gasteiger partial charge in [0.25, 0.3) is 0 Å². The zero-order chi connectivity index (χ0) is 29.2. The van der Waals surface area contributed by atoms with E-state index in [0.29, 0.717) is 0 Å². The van der Waals surface area contributed by atoms with E-state index in [4.69, 9.17) is 28.4 Å². The predicted molar refractivity (Wildman–Crippen MR) is 121 cm³/mol. The molecule has 17 heteroatoms. The van der Waals surface area contributed by atoms with Crippen molar-refractivity contribution in [3.8, 4) is 0 Å². The van der Waals surface area contributed by atoms with Gasteiger partial charge in [-0.3, -0.25) is 9.59 Å². The Kier molecular flexibility index (Phi) is 11.0. The van der Waals surface area contributed by atoms with Crippen LogP contribution in [0.5, 0.6) is 0 Å². The van der Waals surface area contributed by atoms with Crippen LogP contribution in [0.15, 0.2) is 0 Å². The van der Waals surface area contributed by atoms with Crippen molar-refractivity contribution in [2.24, 2.45) is 0 Å². The van der Waals surface area contributed by atoms with Crippen LogP contribution in [-0.4, -0.2) is 158 Å². The normalized spacial score (nSPS) is 46.9. The van der Waals surface area contributed by atoms with Gasteiger partial charge in [-0.05, 0) is 6.92 Å². The molecular formula is C22H37NO16. The summed E-state index contributed by atoms with van der Waals surface area (Å²) in [6.45, 7) is 2.07. The lowest BCUT2D eigenvalue weighted by Crippen LogP contribution is -2.68. The summed E-state index contributed by atoms with van der Waals surface area (Å²) in [6, 6.07) is -1.38. The number of aliphatic hydroxyl groups is 8. The lowest BCUT2D eigenvalue weighted by atomic mass is 9.95. The summed E-state index contributed by atoms with van der Waals surface area (Å²) in [5, 5.41) is 84.0. The highest BCUT2D eigenvalue weighted by atomic mass is 16.8. The maximum atomic E-state index is 12.0. The van der Waals surface area contributed by atoms with E-state index in [2.05, 4.69) is 5.32 Å². The molecule has 0 aliphatic carbocycles. The zero-order valence-corrected chi connectivity index (χ0v) is 21.4. The topological polar surface area (TPSA) is 263 Å². The standard InChI is InChI=1S/C22H37NO16/c1-6-12(28)18(39-21-16(32)15(31)13(29)9(4-24)37-21)19(35-8(3)27)22(34-6)38-17-11(23-7(2)26)20(33)36-10(5-25)14(17)30/h6,9-22,24-25,28-33H,4-5H2,1-3H3,(H,23,26)/t6-,9+,10+,11+,12-,13+,14+,15-,16+,17+,18+,19+,20-,21+,22-/m0/s1. The molecule has 0 unspecified atom stereocenters. The van der Waals surface area contributed by atoms with Crippen LogP contribution in [-0.2, 0) is 38.0 Å². The highest BCUT2D eigenvalue weighted by Crippen LogP contribution is 2.33. The molecule has 0 bridgehead atoms. The van der Waals surface area contributed by atoms with Crippen molar-refractivity contribution in [3.63, 3.8) is 0 Å². The minimum absolute atomic E-state index is 0.625. The van der Waals surface area contributed by atoms with Gasteiger partial charge in [-0.2, -0.15) is 0 Å². The average molecular weight is 572 g/mol. The average Bonchev–Trinajstić information content (AvgIpc) is 2.87. The molecule has 226 valence electrons. The SMILES string of the molecule is CC(=O)N[C@@H]1[C@@H](O[C@@H]2O[C@@H](C)[C@H](O)[C@@H](O[C@H]3O[C@H](CO)[C@@H](O)[C@H](O)[C@H]3O)[C@H]2OC(C)=O)[C@H](O)[C@@H](CO)O[C@@H]1O. The maximum absolute atomic E-state index is 12.0. The summed E-state index contributed by atoms with van der Waals surface area (Å²) in [5.41, 5.74) is 0. The quantitative estimate of drug-likeness (QED) is 0.123. The van der Waals surface area contributed by atoms with E-state index in [1.807, 2.05) is 0 Å². The van der Waals surface area contributed by atoms with Gasteiger partial charge in [0.2, 0.25) is 5.91 Å². The fourth-order valence-corrected chi connectivity index (χ4v) is 4.69. The van der Waals surface area contributed by atoms with Crippen LogP contribution < -0.4 is 5.32 Å². The number of hydrogen-bond acceptors (Lipinski definition) is 16. The van der Waals surface area contributed by atoms with Gasteiger partial charge in [-0.15, -0.1) is 0 Å². The van der Waals surface area contributed by atoms with E-state index >= 15 is 0 Å². The predicted octanol–water partition coefficient (Wildman–Crippen LogP) is -5.83. The molecule has 1 amide bonds. The smallest absolute Gasteiger partial charge is 0.303 e. The fraction of sp³-hybridized carbons (Fsp3) is 0.909. The summed E-state index contributed by atoms with van der Waals surface area (Å²) in [7, 11) is 0. The maximum Gasteiger partial charge on any atom is 0.303 e. The second kappa shape index (κ2) is 13.4. The molecule has 0 aromatic carbocycles. The number of amides is 1. The lowest BCUT2D eigenvalue weighted by Gasteiger charge is -2.49. The Morgan fingerprint density at radius 2 is 1.31 bits per heavy atom. The van der Waals surface area contributed by atoms with Gasteiger partial charge in [-0.1, -0.05) is 0 Å². The summed E-state index contributed by atoms with van der Waals surface area (Å²) in [5.74, 6) is -1.51. The van der Waals surface area contributed by atoms with Crippen molar-refractivity contribution < 1.29 is 78.9 Å². The van der Waals surface area contributed by atoms with Crippen LogP contribution in [0.25, 0.3) is 0 Å². The number of carbonyl (C=O) groups excluding carboxylic acids is 2. The first kappa shape index (κ1) is 31.9. The van der Waals surface area contributed by atoms with E-state index in [1.165, 1.54) is 6.92 Å². The van der Waals surface area contributed by atoms with Crippen LogP contribution in [0, 0.1) is 0 Å². The third-order valence-corrected chi connectivity index (χ3v) is 6.73. The summed E-state index contributed by atoms with van der Waals surface area (Å²) in [4.78, 5) is 23.8. The van der Waals surface area contributed by atoms with Gasteiger partial charge in [-0.25, -0.2) is 0 Å². The molecule has 3 fully saturated rings. The van der Waals surface area contributed by atoms with E-state index < -0.39 is 117 Å². The molecule has 39 heavy (non-hydrogen) atoms. The molecule has 3 rings (SSSR count). The third kappa shape index (κ3) is 7.02. The molecule has 15 atom stereocenters. The Hall–Kier alpha value is -1.58. The van der Waals surface area contributed by atoms with Gasteiger partial charge in [0.15, 0.2) is 25.0 Å². The highest BCUT2D eigenvalue weighted by molar-refractivity contribution is 5.73. The molecule has 3 aliphatic rings. The molecule has 3 aliphatic heterocycles. The van der Waals surface area contributed by atoms with Crippen LogP contribution in [0.4, 0.5) is 0 Å². The lowest BCUT2D eigenvalue weighted by molar-refractivity contribution is -0.370. The Morgan fingerprint density at radius 1 is 0.718 bits per heavy atom. The van der Waals surface area contributed by atoms with E-state index in [-0.39, 0.29) is 0 Å². The number of ether oxygens (including phenoxy) is 6. The first-order valence-corrected chi connectivity index (χ1v) is 12.3. The second-order valence-corrected chi connectivity index (χ2v) is 9.64. The van der Waals surface area contributed by atoms with Crippen LogP contribution in [0.2, 0.25) is 0 Å².